The lowest BCUT2D eigenvalue weighted by molar-refractivity contribution is -0.0156. The predicted molar refractivity (Wildman–Crippen MR) is 108 cm³/mol. The summed E-state index contributed by atoms with van der Waals surface area (Å²) < 4.78 is 34.4. The van der Waals surface area contributed by atoms with Crippen molar-refractivity contribution < 1.29 is 13.2 Å². The Balaban J connectivity index is 1.52. The standard InChI is InChI=1S/C22H19BrF2O2/c23-19-12-10-18(11-13-19)22(24,25)14-6-2-1-3-8-17-15-16-7-4-5-9-20(16)27-21(17)26/h3-5,7-13,15H,1-2,6,14H2/b8-3+. The van der Waals surface area contributed by atoms with Gasteiger partial charge in [0.2, 0.25) is 0 Å². The molecule has 5 heteroatoms. The van der Waals surface area contributed by atoms with Crippen molar-refractivity contribution in [2.45, 2.75) is 31.6 Å². The van der Waals surface area contributed by atoms with Crippen molar-refractivity contribution in [3.05, 3.63) is 86.7 Å². The second kappa shape index (κ2) is 8.61. The number of allylic oxidation sites excluding steroid dienone is 1. The van der Waals surface area contributed by atoms with Crippen molar-refractivity contribution in [2.24, 2.45) is 0 Å². The Morgan fingerprint density at radius 1 is 1.04 bits per heavy atom. The Hall–Kier alpha value is -2.27. The third kappa shape index (κ3) is 5.13. The summed E-state index contributed by atoms with van der Waals surface area (Å²) >= 11 is 3.25. The molecule has 0 bridgehead atoms. The topological polar surface area (TPSA) is 30.2 Å². The number of para-hydroxylation sites is 1. The van der Waals surface area contributed by atoms with Gasteiger partial charge in [-0.05, 0) is 43.5 Å². The van der Waals surface area contributed by atoms with Crippen molar-refractivity contribution in [3.8, 4) is 0 Å². The number of benzene rings is 2. The fourth-order valence-corrected chi connectivity index (χ4v) is 3.12. The maximum atomic E-state index is 14.2. The van der Waals surface area contributed by atoms with Crippen LogP contribution in [0.15, 0.2) is 74.4 Å². The van der Waals surface area contributed by atoms with Gasteiger partial charge in [0, 0.05) is 21.8 Å². The van der Waals surface area contributed by atoms with Gasteiger partial charge in [-0.3, -0.25) is 0 Å². The van der Waals surface area contributed by atoms with E-state index in [0.29, 0.717) is 30.4 Å². The summed E-state index contributed by atoms with van der Waals surface area (Å²) in [6, 6.07) is 15.2. The molecule has 0 fully saturated rings. The lowest BCUT2D eigenvalue weighted by Gasteiger charge is -2.16. The average Bonchev–Trinajstić information content (AvgIpc) is 2.65. The van der Waals surface area contributed by atoms with Crippen LogP contribution in [0.25, 0.3) is 17.0 Å². The maximum absolute atomic E-state index is 14.2. The second-order valence-electron chi connectivity index (χ2n) is 6.39. The molecule has 27 heavy (non-hydrogen) atoms. The molecule has 0 aliphatic carbocycles. The molecule has 140 valence electrons. The SMILES string of the molecule is O=c1oc2ccccc2cc1/C=C/CCCCC(F)(F)c1ccc(Br)cc1. The van der Waals surface area contributed by atoms with Crippen LogP contribution in [-0.4, -0.2) is 0 Å². The van der Waals surface area contributed by atoms with Gasteiger partial charge in [-0.25, -0.2) is 13.6 Å². The monoisotopic (exact) mass is 432 g/mol. The van der Waals surface area contributed by atoms with Gasteiger partial charge in [0.15, 0.2) is 0 Å². The Kier molecular flexibility index (Phi) is 6.22. The highest BCUT2D eigenvalue weighted by atomic mass is 79.9. The molecular weight excluding hydrogens is 414 g/mol. The van der Waals surface area contributed by atoms with Gasteiger partial charge >= 0.3 is 5.63 Å². The average molecular weight is 433 g/mol. The number of halogens is 3. The normalized spacial score (nSPS) is 12.1. The summed E-state index contributed by atoms with van der Waals surface area (Å²) in [6.07, 6.45) is 4.99. The van der Waals surface area contributed by atoms with Crippen LogP contribution in [-0.2, 0) is 5.92 Å². The van der Waals surface area contributed by atoms with Gasteiger partial charge in [0.25, 0.3) is 5.92 Å². The fraction of sp³-hybridized carbons (Fsp3) is 0.227. The van der Waals surface area contributed by atoms with Crippen LogP contribution in [0.4, 0.5) is 8.78 Å². The van der Waals surface area contributed by atoms with Crippen molar-refractivity contribution in [1.29, 1.82) is 0 Å². The molecule has 1 aromatic heterocycles. The molecular formula is C22H19BrF2O2. The lowest BCUT2D eigenvalue weighted by Crippen LogP contribution is -2.12. The first kappa shape index (κ1) is 19.5. The third-order valence-corrected chi connectivity index (χ3v) is 4.87. The molecule has 0 spiro atoms. The summed E-state index contributed by atoms with van der Waals surface area (Å²) in [5.41, 5.74) is 0.658. The molecule has 0 aliphatic rings. The molecule has 0 atom stereocenters. The van der Waals surface area contributed by atoms with Crippen LogP contribution in [0.5, 0.6) is 0 Å². The van der Waals surface area contributed by atoms with Crippen LogP contribution in [0, 0.1) is 0 Å². The number of rotatable bonds is 7. The summed E-state index contributed by atoms with van der Waals surface area (Å²) in [5.74, 6) is -2.83. The first-order valence-corrected chi connectivity index (χ1v) is 9.58. The van der Waals surface area contributed by atoms with E-state index < -0.39 is 11.5 Å². The van der Waals surface area contributed by atoms with E-state index in [1.165, 1.54) is 12.1 Å². The molecule has 0 amide bonds. The number of alkyl halides is 2. The van der Waals surface area contributed by atoms with Crippen LogP contribution >= 0.6 is 15.9 Å². The minimum absolute atomic E-state index is 0.0371. The Morgan fingerprint density at radius 2 is 1.78 bits per heavy atom. The molecule has 0 radical (unpaired) electrons. The second-order valence-corrected chi connectivity index (χ2v) is 7.30. The van der Waals surface area contributed by atoms with Crippen LogP contribution < -0.4 is 5.63 Å². The van der Waals surface area contributed by atoms with Gasteiger partial charge < -0.3 is 4.42 Å². The Bertz CT molecular complexity index is 991. The summed E-state index contributed by atoms with van der Waals surface area (Å²) in [5, 5.41) is 0.853. The van der Waals surface area contributed by atoms with Gasteiger partial charge in [0.1, 0.15) is 5.58 Å². The van der Waals surface area contributed by atoms with Crippen LogP contribution in [0.1, 0.15) is 36.8 Å². The highest BCUT2D eigenvalue weighted by Gasteiger charge is 2.30. The molecule has 0 saturated heterocycles. The van der Waals surface area contributed by atoms with Gasteiger partial charge in [-0.15, -0.1) is 0 Å². The zero-order valence-electron chi connectivity index (χ0n) is 14.6. The minimum atomic E-state index is -2.83. The van der Waals surface area contributed by atoms with E-state index in [9.17, 15) is 13.6 Å². The van der Waals surface area contributed by atoms with Crippen molar-refractivity contribution in [3.63, 3.8) is 0 Å². The zero-order chi connectivity index (χ0) is 19.3. The van der Waals surface area contributed by atoms with E-state index in [1.54, 1.807) is 30.3 Å². The maximum Gasteiger partial charge on any atom is 0.343 e. The molecule has 0 saturated carbocycles. The summed E-state index contributed by atoms with van der Waals surface area (Å²) in [4.78, 5) is 11.9. The molecule has 2 nitrogen and oxygen atoms in total. The minimum Gasteiger partial charge on any atom is -0.422 e. The van der Waals surface area contributed by atoms with E-state index in [0.717, 1.165) is 9.86 Å². The lowest BCUT2D eigenvalue weighted by atomic mass is 10.0. The third-order valence-electron chi connectivity index (χ3n) is 4.34. The largest absolute Gasteiger partial charge is 0.422 e. The van der Waals surface area contributed by atoms with Gasteiger partial charge in [0.05, 0.1) is 5.56 Å². The quantitative estimate of drug-likeness (QED) is 0.299. The van der Waals surface area contributed by atoms with Crippen molar-refractivity contribution >= 4 is 33.0 Å². The first-order valence-electron chi connectivity index (χ1n) is 8.79. The summed E-state index contributed by atoms with van der Waals surface area (Å²) in [7, 11) is 0. The fourth-order valence-electron chi connectivity index (χ4n) is 2.85. The molecule has 1 heterocycles. The summed E-state index contributed by atoms with van der Waals surface area (Å²) in [6.45, 7) is 0. The Labute approximate surface area is 164 Å². The molecule has 0 N–H and O–H groups in total. The number of hydrogen-bond donors (Lipinski definition) is 0. The van der Waals surface area contributed by atoms with E-state index in [4.69, 9.17) is 4.42 Å². The molecule has 2 aromatic carbocycles. The van der Waals surface area contributed by atoms with E-state index >= 15 is 0 Å². The smallest absolute Gasteiger partial charge is 0.343 e. The number of fused-ring (bicyclic) bond motifs is 1. The molecule has 3 aromatic rings. The van der Waals surface area contributed by atoms with E-state index in [1.807, 2.05) is 24.3 Å². The molecule has 0 aliphatic heterocycles. The number of unbranched alkanes of at least 4 members (excludes halogenated alkanes) is 2. The van der Waals surface area contributed by atoms with Crippen LogP contribution in [0.3, 0.4) is 0 Å². The highest BCUT2D eigenvalue weighted by molar-refractivity contribution is 9.10. The van der Waals surface area contributed by atoms with Crippen molar-refractivity contribution in [2.75, 3.05) is 0 Å². The predicted octanol–water partition coefficient (Wildman–Crippen LogP) is 6.92. The van der Waals surface area contributed by atoms with E-state index in [-0.39, 0.29) is 12.0 Å². The molecule has 0 unspecified atom stereocenters. The van der Waals surface area contributed by atoms with Crippen molar-refractivity contribution in [1.82, 2.24) is 0 Å². The van der Waals surface area contributed by atoms with E-state index in [2.05, 4.69) is 15.9 Å². The van der Waals surface area contributed by atoms with Gasteiger partial charge in [-0.1, -0.05) is 58.4 Å². The molecule has 3 rings (SSSR count). The Morgan fingerprint density at radius 3 is 2.56 bits per heavy atom. The number of hydrogen-bond acceptors (Lipinski definition) is 2. The van der Waals surface area contributed by atoms with Gasteiger partial charge in [-0.2, -0.15) is 0 Å². The highest BCUT2D eigenvalue weighted by Crippen LogP contribution is 2.34. The zero-order valence-corrected chi connectivity index (χ0v) is 16.2. The first-order chi connectivity index (χ1) is 13.0. The van der Waals surface area contributed by atoms with Crippen LogP contribution in [0.2, 0.25) is 0 Å².